The van der Waals surface area contributed by atoms with Crippen molar-refractivity contribution in [1.82, 2.24) is 10.5 Å². The van der Waals surface area contributed by atoms with Gasteiger partial charge in [-0.1, -0.05) is 17.3 Å². The van der Waals surface area contributed by atoms with Crippen molar-refractivity contribution in [2.75, 3.05) is 5.32 Å². The van der Waals surface area contributed by atoms with Gasteiger partial charge in [-0.3, -0.25) is 10.1 Å². The highest BCUT2D eigenvalue weighted by Gasteiger charge is 2.30. The molecule has 2 aromatic rings. The largest absolute Gasteiger partial charge is 0.481 e. The molecule has 8 heteroatoms. The summed E-state index contributed by atoms with van der Waals surface area (Å²) < 4.78 is 18.7. The third kappa shape index (κ3) is 3.53. The molecule has 2 amide bonds. The molecular formula is C16H16FN3O4. The van der Waals surface area contributed by atoms with E-state index < -0.39 is 23.7 Å². The van der Waals surface area contributed by atoms with Crippen LogP contribution >= 0.6 is 0 Å². The Morgan fingerprint density at radius 3 is 2.79 bits per heavy atom. The average molecular weight is 333 g/mol. The summed E-state index contributed by atoms with van der Waals surface area (Å²) in [6.45, 7) is 0. The number of hydrogen-bond acceptors (Lipinski definition) is 4. The zero-order chi connectivity index (χ0) is 17.1. The van der Waals surface area contributed by atoms with Crippen molar-refractivity contribution in [3.8, 4) is 11.3 Å². The summed E-state index contributed by atoms with van der Waals surface area (Å²) in [4.78, 5) is 22.8. The fourth-order valence-corrected chi connectivity index (χ4v) is 2.80. The van der Waals surface area contributed by atoms with Gasteiger partial charge < -0.3 is 14.9 Å². The van der Waals surface area contributed by atoms with Crippen molar-refractivity contribution >= 4 is 17.8 Å². The minimum atomic E-state index is -0.842. The maximum atomic E-state index is 13.7. The first-order chi connectivity index (χ1) is 11.5. The van der Waals surface area contributed by atoms with E-state index in [9.17, 15) is 14.0 Å². The molecule has 0 aliphatic heterocycles. The number of urea groups is 1. The molecule has 0 bridgehead atoms. The van der Waals surface area contributed by atoms with Crippen molar-refractivity contribution in [3.05, 3.63) is 36.1 Å². The number of aliphatic carboxylic acids is 1. The van der Waals surface area contributed by atoms with Crippen LogP contribution in [0.3, 0.4) is 0 Å². The van der Waals surface area contributed by atoms with Gasteiger partial charge in [0.05, 0.1) is 11.5 Å². The van der Waals surface area contributed by atoms with Gasteiger partial charge in [-0.2, -0.15) is 0 Å². The van der Waals surface area contributed by atoms with Gasteiger partial charge in [0, 0.05) is 12.1 Å². The highest BCUT2D eigenvalue weighted by molar-refractivity contribution is 5.89. The number of carbonyl (C=O) groups excluding carboxylic acids is 1. The molecule has 1 aliphatic rings. The number of carboxylic acid groups (broad SMARTS) is 1. The number of nitrogens with one attached hydrogen (secondary N) is 2. The Morgan fingerprint density at radius 2 is 2.08 bits per heavy atom. The van der Waals surface area contributed by atoms with Crippen LogP contribution in [-0.4, -0.2) is 28.3 Å². The number of aromatic nitrogens is 1. The summed E-state index contributed by atoms with van der Waals surface area (Å²) in [7, 11) is 0. The summed E-state index contributed by atoms with van der Waals surface area (Å²) in [6.07, 6.45) is 1.56. The molecule has 1 heterocycles. The van der Waals surface area contributed by atoms with Crippen LogP contribution in [0.15, 0.2) is 34.9 Å². The van der Waals surface area contributed by atoms with Gasteiger partial charge >= 0.3 is 12.0 Å². The Morgan fingerprint density at radius 1 is 1.29 bits per heavy atom. The van der Waals surface area contributed by atoms with Crippen LogP contribution in [0.4, 0.5) is 15.0 Å². The monoisotopic (exact) mass is 333 g/mol. The molecule has 2 atom stereocenters. The van der Waals surface area contributed by atoms with Crippen molar-refractivity contribution < 1.29 is 23.6 Å². The molecule has 0 unspecified atom stereocenters. The first-order valence-electron chi connectivity index (χ1n) is 7.55. The van der Waals surface area contributed by atoms with E-state index in [-0.39, 0.29) is 23.2 Å². The van der Waals surface area contributed by atoms with Crippen LogP contribution in [0.25, 0.3) is 11.3 Å². The van der Waals surface area contributed by atoms with Gasteiger partial charge in [0.25, 0.3) is 0 Å². The second kappa shape index (κ2) is 6.69. The zero-order valence-electron chi connectivity index (χ0n) is 12.7. The topological polar surface area (TPSA) is 104 Å². The minimum absolute atomic E-state index is 0.151. The van der Waals surface area contributed by atoms with Gasteiger partial charge in [0.15, 0.2) is 11.6 Å². The molecule has 1 aromatic carbocycles. The Hall–Kier alpha value is -2.90. The van der Waals surface area contributed by atoms with E-state index in [0.717, 1.165) is 0 Å². The number of anilines is 1. The predicted molar refractivity (Wildman–Crippen MR) is 82.8 cm³/mol. The van der Waals surface area contributed by atoms with Crippen molar-refractivity contribution in [2.45, 2.75) is 25.3 Å². The Bertz CT molecular complexity index is 761. The quantitative estimate of drug-likeness (QED) is 0.798. The second-order valence-electron chi connectivity index (χ2n) is 5.70. The Balaban J connectivity index is 1.58. The van der Waals surface area contributed by atoms with Crippen molar-refractivity contribution in [3.63, 3.8) is 0 Å². The van der Waals surface area contributed by atoms with E-state index in [1.807, 2.05) is 0 Å². The van der Waals surface area contributed by atoms with Crippen LogP contribution < -0.4 is 10.6 Å². The molecule has 7 nitrogen and oxygen atoms in total. The molecule has 3 N–H and O–H groups in total. The fraction of sp³-hybridized carbons (Fsp3) is 0.312. The van der Waals surface area contributed by atoms with Gasteiger partial charge in [-0.15, -0.1) is 0 Å². The lowest BCUT2D eigenvalue weighted by molar-refractivity contribution is -0.141. The lowest BCUT2D eigenvalue weighted by atomic mass is 10.1. The lowest BCUT2D eigenvalue weighted by Gasteiger charge is -2.12. The van der Waals surface area contributed by atoms with E-state index in [1.54, 1.807) is 18.2 Å². The molecule has 1 aliphatic carbocycles. The number of nitrogens with zero attached hydrogens (tertiary/aromatic N) is 1. The van der Waals surface area contributed by atoms with Gasteiger partial charge in [-0.05, 0) is 31.4 Å². The highest BCUT2D eigenvalue weighted by atomic mass is 19.1. The summed E-state index contributed by atoms with van der Waals surface area (Å²) >= 11 is 0. The number of halogens is 1. The Labute approximate surface area is 136 Å². The number of benzene rings is 1. The van der Waals surface area contributed by atoms with Crippen molar-refractivity contribution in [2.24, 2.45) is 5.92 Å². The second-order valence-corrected chi connectivity index (χ2v) is 5.70. The highest BCUT2D eigenvalue weighted by Crippen LogP contribution is 2.26. The summed E-state index contributed by atoms with van der Waals surface area (Å²) in [6, 6.07) is 6.81. The fourth-order valence-electron chi connectivity index (χ4n) is 2.80. The summed E-state index contributed by atoms with van der Waals surface area (Å²) in [5.41, 5.74) is 0.249. The van der Waals surface area contributed by atoms with Crippen LogP contribution in [0.5, 0.6) is 0 Å². The average Bonchev–Trinajstić information content (AvgIpc) is 3.17. The molecule has 3 rings (SSSR count). The third-order valence-corrected chi connectivity index (χ3v) is 4.01. The van der Waals surface area contributed by atoms with Crippen LogP contribution in [0.1, 0.15) is 19.3 Å². The van der Waals surface area contributed by atoms with E-state index in [0.29, 0.717) is 19.3 Å². The zero-order valence-corrected chi connectivity index (χ0v) is 12.7. The molecule has 0 saturated heterocycles. The number of carboxylic acids is 1. The Kier molecular flexibility index (Phi) is 4.45. The lowest BCUT2D eigenvalue weighted by Crippen LogP contribution is -2.36. The standard InChI is InChI=1S/C16H16FN3O4/c17-12-4-2-1-3-11(12)13-8-14(20-24-13)19-16(23)18-10-6-5-9(7-10)15(21)22/h1-4,8-10H,5-7H2,(H,21,22)(H2,18,19,20,23)/t9-,10+/m1/s1. The van der Waals surface area contributed by atoms with Crippen LogP contribution in [0, 0.1) is 11.7 Å². The number of amides is 2. The molecule has 1 fully saturated rings. The van der Waals surface area contributed by atoms with E-state index in [4.69, 9.17) is 9.63 Å². The number of carbonyl (C=O) groups is 2. The van der Waals surface area contributed by atoms with Gasteiger partial charge in [0.1, 0.15) is 5.82 Å². The summed E-state index contributed by atoms with van der Waals surface area (Å²) in [5.74, 6) is -1.36. The minimum Gasteiger partial charge on any atom is -0.481 e. The molecule has 1 aromatic heterocycles. The van der Waals surface area contributed by atoms with Gasteiger partial charge in [-0.25, -0.2) is 9.18 Å². The molecule has 0 spiro atoms. The number of hydrogen-bond donors (Lipinski definition) is 3. The molecule has 126 valence electrons. The van der Waals surface area contributed by atoms with E-state index in [1.165, 1.54) is 12.1 Å². The predicted octanol–water partition coefficient (Wildman–Crippen LogP) is 2.86. The third-order valence-electron chi connectivity index (χ3n) is 4.01. The first-order valence-corrected chi connectivity index (χ1v) is 7.55. The summed E-state index contributed by atoms with van der Waals surface area (Å²) in [5, 5.41) is 17.8. The van der Waals surface area contributed by atoms with Gasteiger partial charge in [0.2, 0.25) is 0 Å². The molecule has 1 saturated carbocycles. The normalized spacial score (nSPS) is 19.9. The molecule has 24 heavy (non-hydrogen) atoms. The molecule has 0 radical (unpaired) electrons. The number of rotatable bonds is 4. The SMILES string of the molecule is O=C(Nc1cc(-c2ccccc2F)on1)N[C@H]1CC[C@@H](C(=O)O)C1. The smallest absolute Gasteiger partial charge is 0.320 e. The van der Waals surface area contributed by atoms with E-state index >= 15 is 0 Å². The van der Waals surface area contributed by atoms with Crippen LogP contribution in [0.2, 0.25) is 0 Å². The van der Waals surface area contributed by atoms with Crippen LogP contribution in [-0.2, 0) is 4.79 Å². The first kappa shape index (κ1) is 16.0. The maximum absolute atomic E-state index is 13.7. The van der Waals surface area contributed by atoms with E-state index in [2.05, 4.69) is 15.8 Å². The van der Waals surface area contributed by atoms with Crippen molar-refractivity contribution in [1.29, 1.82) is 0 Å². The maximum Gasteiger partial charge on any atom is 0.320 e. The molecular weight excluding hydrogens is 317 g/mol.